The van der Waals surface area contributed by atoms with Gasteiger partial charge in [-0.3, -0.25) is 9.69 Å². The van der Waals surface area contributed by atoms with Crippen LogP contribution in [0, 0.1) is 5.82 Å². The van der Waals surface area contributed by atoms with Crippen LogP contribution in [0.1, 0.15) is 6.92 Å². The monoisotopic (exact) mass is 511 g/mol. The van der Waals surface area contributed by atoms with E-state index in [-0.39, 0.29) is 32.1 Å². The number of nitrogens with two attached hydrogens (primary N) is 1. The Kier molecular flexibility index (Phi) is 6.19. The van der Waals surface area contributed by atoms with Gasteiger partial charge in [-0.05, 0) is 42.5 Å². The van der Waals surface area contributed by atoms with E-state index in [1.165, 1.54) is 27.3 Å². The normalized spacial score (nSPS) is 17.4. The molecule has 2 amide bonds. The molecule has 2 aliphatic rings. The molecule has 13 heteroatoms. The number of aromatic nitrogens is 3. The number of hydrogen-bond acceptors (Lipinski definition) is 7. The van der Waals surface area contributed by atoms with Gasteiger partial charge >= 0.3 is 17.5 Å². The first-order valence-corrected chi connectivity index (χ1v) is 11.8. The zero-order valence-electron chi connectivity index (χ0n) is 20.1. The van der Waals surface area contributed by atoms with Crippen molar-refractivity contribution in [3.63, 3.8) is 0 Å². The van der Waals surface area contributed by atoms with Gasteiger partial charge in [0.25, 0.3) is 0 Å². The number of carbonyl (C=O) groups is 2. The van der Waals surface area contributed by atoms with Gasteiger partial charge in [0.05, 0.1) is 43.2 Å². The lowest BCUT2D eigenvalue weighted by Gasteiger charge is -2.23. The van der Waals surface area contributed by atoms with Gasteiger partial charge in [-0.2, -0.15) is 0 Å². The highest BCUT2D eigenvalue weighted by Gasteiger charge is 2.33. The van der Waals surface area contributed by atoms with Crippen molar-refractivity contribution in [1.29, 1.82) is 0 Å². The third-order valence-electron chi connectivity index (χ3n) is 6.47. The standard InChI is InChI=1S/C24H26FN7O5/c1-15(33)27-13-19-14-29(24(36)37-19)18-6-7-21(20(25)12-18)28-8-10-30-22(34)32(23(35)31(30)11-9-28)17-4-2-16(26)3-5-17/h2-7,12,19H,8-11,13-14,26H2,1H3,(H,27,33)/t19-/m0/s1. The van der Waals surface area contributed by atoms with E-state index >= 15 is 4.39 Å². The summed E-state index contributed by atoms with van der Waals surface area (Å²) >= 11 is 0. The Morgan fingerprint density at radius 1 is 1.00 bits per heavy atom. The van der Waals surface area contributed by atoms with Crippen LogP contribution in [-0.2, 0) is 22.6 Å². The van der Waals surface area contributed by atoms with E-state index in [1.807, 2.05) is 0 Å². The number of cyclic esters (lactones) is 1. The third kappa shape index (κ3) is 4.55. The number of rotatable bonds is 5. The molecule has 2 aliphatic heterocycles. The molecule has 0 unspecified atom stereocenters. The van der Waals surface area contributed by atoms with E-state index in [1.54, 1.807) is 41.3 Å². The van der Waals surface area contributed by atoms with Crippen LogP contribution in [0.5, 0.6) is 0 Å². The lowest BCUT2D eigenvalue weighted by molar-refractivity contribution is -0.119. The quantitative estimate of drug-likeness (QED) is 0.476. The van der Waals surface area contributed by atoms with Gasteiger partial charge in [-0.25, -0.2) is 32.7 Å². The third-order valence-corrected chi connectivity index (χ3v) is 6.47. The minimum absolute atomic E-state index is 0.173. The van der Waals surface area contributed by atoms with E-state index < -0.39 is 29.4 Å². The fourth-order valence-electron chi connectivity index (χ4n) is 4.60. The molecule has 1 aromatic heterocycles. The number of amides is 2. The van der Waals surface area contributed by atoms with Gasteiger partial charge < -0.3 is 20.7 Å². The molecule has 3 N–H and O–H groups in total. The Labute approximate surface area is 210 Å². The van der Waals surface area contributed by atoms with Gasteiger partial charge in [0, 0.05) is 25.7 Å². The van der Waals surface area contributed by atoms with Crippen LogP contribution in [-0.4, -0.2) is 58.2 Å². The number of halogens is 1. The Hall–Kier alpha value is -4.55. The summed E-state index contributed by atoms with van der Waals surface area (Å²) in [5.41, 5.74) is 6.33. The van der Waals surface area contributed by atoms with E-state index in [9.17, 15) is 19.2 Å². The molecule has 37 heavy (non-hydrogen) atoms. The second kappa shape index (κ2) is 9.48. The predicted octanol–water partition coefficient (Wildman–Crippen LogP) is 0.504. The molecule has 3 heterocycles. The van der Waals surface area contributed by atoms with Crippen molar-refractivity contribution in [1.82, 2.24) is 19.2 Å². The van der Waals surface area contributed by atoms with E-state index in [2.05, 4.69) is 5.32 Å². The fourth-order valence-corrected chi connectivity index (χ4v) is 4.60. The fraction of sp³-hybridized carbons (Fsp3) is 0.333. The minimum Gasteiger partial charge on any atom is -0.442 e. The van der Waals surface area contributed by atoms with Crippen molar-refractivity contribution < 1.29 is 18.7 Å². The molecule has 0 radical (unpaired) electrons. The summed E-state index contributed by atoms with van der Waals surface area (Å²) in [5, 5.41) is 2.60. The van der Waals surface area contributed by atoms with Gasteiger partial charge in [0.1, 0.15) is 11.9 Å². The molecule has 1 saturated heterocycles. The molecule has 0 spiro atoms. The molecule has 1 atom stereocenters. The number of nitrogens with one attached hydrogen (secondary N) is 1. The Morgan fingerprint density at radius 2 is 1.62 bits per heavy atom. The number of ether oxygens (including phenoxy) is 1. The summed E-state index contributed by atoms with van der Waals surface area (Å²) in [4.78, 5) is 52.5. The summed E-state index contributed by atoms with van der Waals surface area (Å²) in [6, 6.07) is 10.9. The first-order valence-electron chi connectivity index (χ1n) is 11.8. The highest BCUT2D eigenvalue weighted by Crippen LogP contribution is 2.28. The Morgan fingerprint density at radius 3 is 2.22 bits per heavy atom. The van der Waals surface area contributed by atoms with Crippen LogP contribution in [0.2, 0.25) is 0 Å². The summed E-state index contributed by atoms with van der Waals surface area (Å²) in [5.74, 6) is -0.783. The number of hydrogen-bond donors (Lipinski definition) is 2. The first kappa shape index (κ1) is 24.2. The Balaban J connectivity index is 1.32. The molecular weight excluding hydrogens is 485 g/mol. The Bertz CT molecular complexity index is 1440. The molecule has 1 fully saturated rings. The minimum atomic E-state index is -0.617. The number of carbonyl (C=O) groups excluding carboxylic acids is 2. The van der Waals surface area contributed by atoms with E-state index in [0.29, 0.717) is 35.8 Å². The molecule has 194 valence electrons. The number of anilines is 3. The SMILES string of the molecule is CC(=O)NC[C@H]1CN(c2ccc(N3CCn4c(=O)n(-c5ccc(N)cc5)c(=O)n4CC3)c(F)c2)C(=O)O1. The first-order chi connectivity index (χ1) is 17.7. The maximum atomic E-state index is 15.2. The maximum absolute atomic E-state index is 15.2. The number of fused-ring (bicyclic) bond motifs is 1. The number of nitrogen functional groups attached to an aromatic ring is 1. The van der Waals surface area contributed by atoms with Crippen LogP contribution < -0.4 is 32.2 Å². The largest absolute Gasteiger partial charge is 0.442 e. The van der Waals surface area contributed by atoms with Crippen molar-refractivity contribution in [2.75, 3.05) is 41.7 Å². The molecule has 0 aliphatic carbocycles. The predicted molar refractivity (Wildman–Crippen MR) is 134 cm³/mol. The van der Waals surface area contributed by atoms with E-state index in [0.717, 1.165) is 4.57 Å². The van der Waals surface area contributed by atoms with Crippen molar-refractivity contribution in [2.45, 2.75) is 26.1 Å². The molecule has 5 rings (SSSR count). The van der Waals surface area contributed by atoms with Crippen LogP contribution in [0.4, 0.5) is 26.2 Å². The lowest BCUT2D eigenvalue weighted by atomic mass is 10.2. The van der Waals surface area contributed by atoms with E-state index in [4.69, 9.17) is 10.5 Å². The summed E-state index contributed by atoms with van der Waals surface area (Å²) in [7, 11) is 0. The maximum Gasteiger partial charge on any atom is 0.414 e. The van der Waals surface area contributed by atoms with Crippen LogP contribution in [0.25, 0.3) is 5.69 Å². The smallest absolute Gasteiger partial charge is 0.414 e. The highest BCUT2D eigenvalue weighted by molar-refractivity contribution is 5.90. The second-order valence-electron chi connectivity index (χ2n) is 8.91. The van der Waals surface area contributed by atoms with Crippen LogP contribution in [0.3, 0.4) is 0 Å². The molecule has 12 nitrogen and oxygen atoms in total. The average Bonchev–Trinajstić information content (AvgIpc) is 3.24. The number of benzene rings is 2. The molecular formula is C24H26FN7O5. The van der Waals surface area contributed by atoms with Crippen molar-refractivity contribution in [3.8, 4) is 5.69 Å². The number of nitrogens with zero attached hydrogens (tertiary/aromatic N) is 5. The van der Waals surface area contributed by atoms with Crippen molar-refractivity contribution in [2.24, 2.45) is 0 Å². The lowest BCUT2D eigenvalue weighted by Crippen LogP contribution is -2.33. The van der Waals surface area contributed by atoms with Gasteiger partial charge in [-0.1, -0.05) is 0 Å². The van der Waals surface area contributed by atoms with Gasteiger partial charge in [-0.15, -0.1) is 0 Å². The molecule has 2 aromatic carbocycles. The second-order valence-corrected chi connectivity index (χ2v) is 8.91. The van der Waals surface area contributed by atoms with Gasteiger partial charge in [0.15, 0.2) is 0 Å². The van der Waals surface area contributed by atoms with Crippen LogP contribution in [0.15, 0.2) is 52.1 Å². The van der Waals surface area contributed by atoms with Crippen LogP contribution >= 0.6 is 0 Å². The zero-order chi connectivity index (χ0) is 26.3. The zero-order valence-corrected chi connectivity index (χ0v) is 20.1. The summed E-state index contributed by atoms with van der Waals surface area (Å²) < 4.78 is 24.3. The van der Waals surface area contributed by atoms with Crippen molar-refractivity contribution in [3.05, 3.63) is 69.3 Å². The van der Waals surface area contributed by atoms with Crippen molar-refractivity contribution >= 4 is 29.1 Å². The molecule has 0 bridgehead atoms. The van der Waals surface area contributed by atoms with Gasteiger partial charge in [0.2, 0.25) is 5.91 Å². The molecule has 0 saturated carbocycles. The summed E-state index contributed by atoms with van der Waals surface area (Å²) in [6.45, 7) is 2.68. The molecule has 3 aromatic rings. The topological polar surface area (TPSA) is 137 Å². The summed E-state index contributed by atoms with van der Waals surface area (Å²) in [6.07, 6.45) is -1.15. The average molecular weight is 512 g/mol. The highest BCUT2D eigenvalue weighted by atomic mass is 19.1.